The van der Waals surface area contributed by atoms with E-state index in [1.54, 1.807) is 0 Å². The average Bonchev–Trinajstić information content (AvgIpc) is 3.27. The molecule has 1 saturated heterocycles. The number of likely N-dealkylation sites (N-methyl/N-ethyl adjacent to an activating group) is 1. The van der Waals surface area contributed by atoms with Crippen LogP contribution in [0, 0.1) is 0 Å². The van der Waals surface area contributed by atoms with Crippen LogP contribution in [-0.4, -0.2) is 37.9 Å². The lowest BCUT2D eigenvalue weighted by Gasteiger charge is -2.20. The van der Waals surface area contributed by atoms with Gasteiger partial charge in [-0.3, -0.25) is 0 Å². The quantitative estimate of drug-likeness (QED) is 0.670. The fourth-order valence-corrected chi connectivity index (χ4v) is 3.89. The monoisotopic (exact) mass is 472 g/mol. The molecule has 0 amide bonds. The zero-order valence-corrected chi connectivity index (χ0v) is 17.3. The highest BCUT2D eigenvalue weighted by Crippen LogP contribution is 2.40. The lowest BCUT2D eigenvalue weighted by atomic mass is 10.1. The summed E-state index contributed by atoms with van der Waals surface area (Å²) in [6.45, 7) is 1.99. The lowest BCUT2D eigenvalue weighted by Crippen LogP contribution is -2.23. The maximum absolute atomic E-state index is 13.4. The second-order valence-electron chi connectivity index (χ2n) is 7.15. The van der Waals surface area contributed by atoms with Crippen LogP contribution in [-0.2, 0) is 12.7 Å². The van der Waals surface area contributed by atoms with Crippen molar-refractivity contribution in [2.45, 2.75) is 25.2 Å². The predicted molar refractivity (Wildman–Crippen MR) is 106 cm³/mol. The standard InChI is InChI=1S/C20H20BrF3N2O3/c1-26-5-4-14(10-26)29-17-7-13(2-3-15(17)20(22,23)24)25-9-12-6-18-19(8-16(12)21)28-11-27-18/h2-3,6-8,14,25H,4-5,9-11H2,1H3/t14-/m0/s1. The van der Waals surface area contributed by atoms with Crippen molar-refractivity contribution < 1.29 is 27.4 Å². The highest BCUT2D eigenvalue weighted by molar-refractivity contribution is 9.10. The van der Waals surface area contributed by atoms with Gasteiger partial charge in [-0.1, -0.05) is 15.9 Å². The molecule has 0 bridgehead atoms. The van der Waals surface area contributed by atoms with E-state index in [-0.39, 0.29) is 18.6 Å². The van der Waals surface area contributed by atoms with Crippen LogP contribution in [0.5, 0.6) is 17.2 Å². The number of ether oxygens (including phenoxy) is 3. The first-order valence-electron chi connectivity index (χ1n) is 9.18. The second kappa shape index (κ2) is 7.95. The molecule has 1 fully saturated rings. The third-order valence-corrected chi connectivity index (χ3v) is 5.69. The Morgan fingerprint density at radius 1 is 1.21 bits per heavy atom. The van der Waals surface area contributed by atoms with Gasteiger partial charge in [0.05, 0.1) is 5.56 Å². The summed E-state index contributed by atoms with van der Waals surface area (Å²) in [5, 5.41) is 3.16. The number of nitrogens with zero attached hydrogens (tertiary/aromatic N) is 1. The number of nitrogens with one attached hydrogen (secondary N) is 1. The number of fused-ring (bicyclic) bond motifs is 1. The molecule has 1 atom stereocenters. The van der Waals surface area contributed by atoms with E-state index in [0.717, 1.165) is 22.6 Å². The van der Waals surface area contributed by atoms with Gasteiger partial charge in [-0.05, 0) is 43.3 Å². The predicted octanol–water partition coefficient (Wildman–Crippen LogP) is 4.89. The molecule has 9 heteroatoms. The molecule has 0 spiro atoms. The molecule has 29 heavy (non-hydrogen) atoms. The topological polar surface area (TPSA) is 43.0 Å². The summed E-state index contributed by atoms with van der Waals surface area (Å²) in [5.41, 5.74) is 0.680. The summed E-state index contributed by atoms with van der Waals surface area (Å²) >= 11 is 3.49. The first kappa shape index (κ1) is 20.2. The molecule has 4 rings (SSSR count). The fourth-order valence-electron chi connectivity index (χ4n) is 3.43. The SMILES string of the molecule is CN1CC[C@H](Oc2cc(NCc3cc4c(cc3Br)OCO4)ccc2C(F)(F)F)C1. The van der Waals surface area contributed by atoms with Crippen molar-refractivity contribution >= 4 is 21.6 Å². The molecule has 2 aliphatic heterocycles. The number of rotatable bonds is 5. The van der Waals surface area contributed by atoms with E-state index in [4.69, 9.17) is 14.2 Å². The van der Waals surface area contributed by atoms with Crippen LogP contribution in [0.4, 0.5) is 18.9 Å². The number of likely N-dealkylation sites (tertiary alicyclic amines) is 1. The summed E-state index contributed by atoms with van der Waals surface area (Å²) in [6.07, 6.45) is -4.02. The van der Waals surface area contributed by atoms with Crippen molar-refractivity contribution in [3.05, 3.63) is 45.9 Å². The van der Waals surface area contributed by atoms with Crippen LogP contribution in [0.3, 0.4) is 0 Å². The molecular weight excluding hydrogens is 453 g/mol. The van der Waals surface area contributed by atoms with Gasteiger partial charge in [-0.2, -0.15) is 13.2 Å². The largest absolute Gasteiger partial charge is 0.488 e. The number of benzene rings is 2. The Morgan fingerprint density at radius 2 is 1.97 bits per heavy atom. The van der Waals surface area contributed by atoms with Gasteiger partial charge in [-0.15, -0.1) is 0 Å². The Labute approximate surface area is 174 Å². The number of hydrogen-bond acceptors (Lipinski definition) is 5. The van der Waals surface area contributed by atoms with Crippen LogP contribution < -0.4 is 19.5 Å². The summed E-state index contributed by atoms with van der Waals surface area (Å²) in [7, 11) is 1.93. The van der Waals surface area contributed by atoms with Gasteiger partial charge in [0.2, 0.25) is 6.79 Å². The zero-order valence-electron chi connectivity index (χ0n) is 15.7. The molecule has 2 aromatic rings. The molecular formula is C20H20BrF3N2O3. The van der Waals surface area contributed by atoms with E-state index in [2.05, 4.69) is 21.2 Å². The van der Waals surface area contributed by atoms with E-state index >= 15 is 0 Å². The van der Waals surface area contributed by atoms with Crippen molar-refractivity contribution in [3.63, 3.8) is 0 Å². The van der Waals surface area contributed by atoms with Crippen LogP contribution in [0.1, 0.15) is 17.5 Å². The molecule has 0 aromatic heterocycles. The summed E-state index contributed by atoms with van der Waals surface area (Å²) in [4.78, 5) is 2.04. The fraction of sp³-hybridized carbons (Fsp3) is 0.400. The molecule has 2 aromatic carbocycles. The maximum atomic E-state index is 13.4. The van der Waals surface area contributed by atoms with Crippen molar-refractivity contribution in [1.29, 1.82) is 0 Å². The Hall–Kier alpha value is -2.13. The minimum absolute atomic E-state index is 0.146. The van der Waals surface area contributed by atoms with Crippen LogP contribution >= 0.6 is 15.9 Å². The molecule has 156 valence electrons. The van der Waals surface area contributed by atoms with Crippen LogP contribution in [0.15, 0.2) is 34.8 Å². The smallest absolute Gasteiger partial charge is 0.419 e. The van der Waals surface area contributed by atoms with Crippen LogP contribution in [0.2, 0.25) is 0 Å². The van der Waals surface area contributed by atoms with Gasteiger partial charge in [0.25, 0.3) is 0 Å². The molecule has 2 heterocycles. The Balaban J connectivity index is 1.52. The minimum Gasteiger partial charge on any atom is -0.488 e. The van der Waals surface area contributed by atoms with Crippen molar-refractivity contribution in [2.24, 2.45) is 0 Å². The van der Waals surface area contributed by atoms with E-state index in [0.29, 0.717) is 36.7 Å². The third kappa shape index (κ3) is 4.56. The average molecular weight is 473 g/mol. The summed E-state index contributed by atoms with van der Waals surface area (Å²) in [6, 6.07) is 7.55. The highest BCUT2D eigenvalue weighted by atomic mass is 79.9. The maximum Gasteiger partial charge on any atom is 0.419 e. The molecule has 0 aliphatic carbocycles. The third-order valence-electron chi connectivity index (χ3n) is 4.95. The first-order valence-corrected chi connectivity index (χ1v) is 9.97. The van der Waals surface area contributed by atoms with E-state index in [9.17, 15) is 13.2 Å². The summed E-state index contributed by atoms with van der Waals surface area (Å²) < 4.78 is 57.5. The van der Waals surface area contributed by atoms with Gasteiger partial charge in [0.15, 0.2) is 11.5 Å². The van der Waals surface area contributed by atoms with Crippen molar-refractivity contribution in [3.8, 4) is 17.2 Å². The lowest BCUT2D eigenvalue weighted by molar-refractivity contribution is -0.139. The number of anilines is 1. The van der Waals surface area contributed by atoms with E-state index < -0.39 is 11.7 Å². The van der Waals surface area contributed by atoms with Gasteiger partial charge in [0.1, 0.15) is 11.9 Å². The molecule has 5 nitrogen and oxygen atoms in total. The van der Waals surface area contributed by atoms with Gasteiger partial charge in [0, 0.05) is 35.9 Å². The molecule has 0 unspecified atom stereocenters. The first-order chi connectivity index (χ1) is 13.8. The molecule has 2 aliphatic rings. The van der Waals surface area contributed by atoms with Gasteiger partial charge in [-0.25, -0.2) is 0 Å². The number of hydrogen-bond donors (Lipinski definition) is 1. The second-order valence-corrected chi connectivity index (χ2v) is 8.00. The van der Waals surface area contributed by atoms with E-state index in [1.807, 2.05) is 24.1 Å². The van der Waals surface area contributed by atoms with E-state index in [1.165, 1.54) is 12.1 Å². The van der Waals surface area contributed by atoms with Gasteiger partial charge >= 0.3 is 6.18 Å². The number of alkyl halides is 3. The van der Waals surface area contributed by atoms with Crippen LogP contribution in [0.25, 0.3) is 0 Å². The molecule has 0 saturated carbocycles. The molecule has 1 N–H and O–H groups in total. The Morgan fingerprint density at radius 3 is 2.66 bits per heavy atom. The normalized spacial score (nSPS) is 18.9. The summed E-state index contributed by atoms with van der Waals surface area (Å²) in [5.74, 6) is 1.16. The molecule has 0 radical (unpaired) electrons. The Kier molecular flexibility index (Phi) is 5.52. The highest BCUT2D eigenvalue weighted by Gasteiger charge is 2.35. The zero-order chi connectivity index (χ0) is 20.6. The minimum atomic E-state index is -4.47. The van der Waals surface area contributed by atoms with Gasteiger partial charge < -0.3 is 24.4 Å². The van der Waals surface area contributed by atoms with Crippen molar-refractivity contribution in [2.75, 3.05) is 32.2 Å². The van der Waals surface area contributed by atoms with Crippen molar-refractivity contribution in [1.82, 2.24) is 4.90 Å². The Bertz CT molecular complexity index is 907. The number of halogens is 4.